The summed E-state index contributed by atoms with van der Waals surface area (Å²) in [5, 5.41) is 3.41. The molecule has 3 aromatic rings. The molecule has 1 unspecified atom stereocenters. The van der Waals surface area contributed by atoms with Crippen LogP contribution in [0.4, 0.5) is 5.82 Å². The second-order valence-corrected chi connectivity index (χ2v) is 7.61. The lowest BCUT2D eigenvalue weighted by molar-refractivity contribution is -0.116. The van der Waals surface area contributed by atoms with Crippen molar-refractivity contribution in [3.8, 4) is 17.0 Å². The quantitative estimate of drug-likeness (QED) is 0.612. The first-order valence-electron chi connectivity index (χ1n) is 9.57. The summed E-state index contributed by atoms with van der Waals surface area (Å²) in [6.45, 7) is 2.38. The largest absolute Gasteiger partial charge is 0.486 e. The fourth-order valence-electron chi connectivity index (χ4n) is 3.25. The lowest BCUT2D eigenvalue weighted by Crippen LogP contribution is -2.33. The topological polar surface area (TPSA) is 90.1 Å². The summed E-state index contributed by atoms with van der Waals surface area (Å²) in [6.07, 6.45) is 7.08. The van der Waals surface area contributed by atoms with Crippen LogP contribution in [0.5, 0.6) is 5.75 Å². The molecule has 3 heterocycles. The highest BCUT2D eigenvalue weighted by atomic mass is 35.5. The highest BCUT2D eigenvalue weighted by molar-refractivity contribution is 6.32. The Hall–Kier alpha value is -3.38. The Labute approximate surface area is 179 Å². The molecule has 0 radical (unpaired) electrons. The summed E-state index contributed by atoms with van der Waals surface area (Å²) in [4.78, 5) is 20.6. The second-order valence-electron chi connectivity index (χ2n) is 7.21. The molecule has 0 bridgehead atoms. The van der Waals surface area contributed by atoms with Crippen molar-refractivity contribution < 1.29 is 9.53 Å². The molecule has 3 N–H and O–H groups in total. The molecule has 0 saturated heterocycles. The van der Waals surface area contributed by atoms with Gasteiger partial charge in [0.25, 0.3) is 0 Å². The molecule has 152 valence electrons. The van der Waals surface area contributed by atoms with Crippen LogP contribution in [-0.2, 0) is 11.2 Å². The van der Waals surface area contributed by atoms with Gasteiger partial charge in [-0.25, -0.2) is 4.98 Å². The number of nitrogen functional groups attached to an aromatic ring is 1. The third-order valence-corrected chi connectivity index (χ3v) is 5.08. The zero-order valence-electron chi connectivity index (χ0n) is 16.4. The van der Waals surface area contributed by atoms with Crippen LogP contribution in [0.25, 0.3) is 17.3 Å². The molecule has 30 heavy (non-hydrogen) atoms. The molecule has 6 nitrogen and oxygen atoms in total. The molecular weight excluding hydrogens is 400 g/mol. The third kappa shape index (κ3) is 4.60. The monoisotopic (exact) mass is 420 g/mol. The summed E-state index contributed by atoms with van der Waals surface area (Å²) in [5.41, 5.74) is 10.3. The molecule has 0 aliphatic carbocycles. The number of hydrogen-bond donors (Lipinski definition) is 2. The maximum atomic E-state index is 12.1. The number of pyridine rings is 2. The number of anilines is 1. The van der Waals surface area contributed by atoms with Gasteiger partial charge in [-0.05, 0) is 54.5 Å². The van der Waals surface area contributed by atoms with Gasteiger partial charge in [-0.15, -0.1) is 0 Å². The lowest BCUT2D eigenvalue weighted by Gasteiger charge is -2.11. The van der Waals surface area contributed by atoms with Crippen LogP contribution in [0.15, 0.2) is 54.9 Å². The van der Waals surface area contributed by atoms with Crippen molar-refractivity contribution in [1.29, 1.82) is 0 Å². The average molecular weight is 421 g/mol. The number of amides is 1. The number of fused-ring (bicyclic) bond motifs is 1. The Bertz CT molecular complexity index is 1100. The van der Waals surface area contributed by atoms with Crippen molar-refractivity contribution in [2.45, 2.75) is 19.4 Å². The number of nitrogens with one attached hydrogen (secondary N) is 1. The van der Waals surface area contributed by atoms with Gasteiger partial charge in [0, 0.05) is 36.0 Å². The molecule has 1 atom stereocenters. The van der Waals surface area contributed by atoms with Crippen LogP contribution < -0.4 is 15.8 Å². The van der Waals surface area contributed by atoms with Crippen molar-refractivity contribution in [3.63, 3.8) is 0 Å². The minimum absolute atomic E-state index is 0.172. The first-order chi connectivity index (χ1) is 14.5. The number of nitrogens with two attached hydrogens (primary N) is 1. The number of ether oxygens (including phenoxy) is 1. The van der Waals surface area contributed by atoms with Gasteiger partial charge in [0.05, 0.1) is 17.3 Å². The van der Waals surface area contributed by atoms with E-state index in [0.717, 1.165) is 27.9 Å². The molecule has 0 fully saturated rings. The Kier molecular flexibility index (Phi) is 5.68. The number of halogens is 1. The molecule has 0 spiro atoms. The van der Waals surface area contributed by atoms with E-state index in [0.29, 0.717) is 29.6 Å². The zero-order chi connectivity index (χ0) is 21.1. The van der Waals surface area contributed by atoms with Gasteiger partial charge in [-0.2, -0.15) is 0 Å². The van der Waals surface area contributed by atoms with E-state index in [4.69, 9.17) is 22.1 Å². The van der Waals surface area contributed by atoms with Crippen LogP contribution in [0.2, 0.25) is 5.02 Å². The van der Waals surface area contributed by atoms with Crippen molar-refractivity contribution in [3.05, 3.63) is 76.6 Å². The van der Waals surface area contributed by atoms with E-state index in [-0.39, 0.29) is 12.0 Å². The predicted octanol–water partition coefficient (Wildman–Crippen LogP) is 3.82. The highest BCUT2D eigenvalue weighted by Gasteiger charge is 2.26. The van der Waals surface area contributed by atoms with Gasteiger partial charge in [-0.1, -0.05) is 17.7 Å². The Morgan fingerprint density at radius 3 is 2.87 bits per heavy atom. The Morgan fingerprint density at radius 1 is 1.27 bits per heavy atom. The third-order valence-electron chi connectivity index (χ3n) is 4.80. The van der Waals surface area contributed by atoms with Crippen LogP contribution in [-0.4, -0.2) is 28.5 Å². The zero-order valence-corrected chi connectivity index (χ0v) is 17.2. The number of carbonyl (C=O) groups excluding carboxylic acids is 1. The summed E-state index contributed by atoms with van der Waals surface area (Å²) in [5.74, 6) is 0.909. The van der Waals surface area contributed by atoms with E-state index in [2.05, 4.69) is 21.4 Å². The summed E-state index contributed by atoms with van der Waals surface area (Å²) < 4.78 is 5.96. The maximum absolute atomic E-state index is 12.1. The molecule has 4 rings (SSSR count). The molecule has 1 aliphatic rings. The number of hydrogen-bond acceptors (Lipinski definition) is 5. The Morgan fingerprint density at radius 2 is 2.13 bits per heavy atom. The fraction of sp³-hybridized carbons (Fsp3) is 0.174. The van der Waals surface area contributed by atoms with Crippen molar-refractivity contribution >= 4 is 29.4 Å². The van der Waals surface area contributed by atoms with Crippen LogP contribution in [0, 0.1) is 6.92 Å². The van der Waals surface area contributed by atoms with E-state index < -0.39 is 0 Å². The van der Waals surface area contributed by atoms with Gasteiger partial charge >= 0.3 is 0 Å². The number of benzene rings is 1. The molecule has 1 aromatic carbocycles. The number of nitrogens with zero attached hydrogens (tertiary/aromatic N) is 2. The Balaban J connectivity index is 1.37. The predicted molar refractivity (Wildman–Crippen MR) is 118 cm³/mol. The smallest absolute Gasteiger partial charge is 0.244 e. The highest BCUT2D eigenvalue weighted by Crippen LogP contribution is 2.39. The van der Waals surface area contributed by atoms with E-state index in [1.807, 2.05) is 31.3 Å². The number of aryl methyl sites for hydroxylation is 1. The lowest BCUT2D eigenvalue weighted by atomic mass is 10.0. The molecule has 2 aromatic heterocycles. The number of carbonyl (C=O) groups is 1. The van der Waals surface area contributed by atoms with Crippen molar-refractivity contribution in [2.75, 3.05) is 12.3 Å². The first kappa shape index (κ1) is 19.9. The standard InChI is InChI=1S/C23H21ClN4O2/c1-14-2-5-20(26-11-14)16-8-17-9-18(30-23(17)19(24)10-16)13-28-22(29)7-4-15-3-6-21(25)27-12-15/h2-8,10-12,18H,9,13H2,1H3,(H2,25,27)(H,28,29)/b7-4+. The molecule has 1 aliphatic heterocycles. The van der Waals surface area contributed by atoms with Crippen molar-refractivity contribution in [1.82, 2.24) is 15.3 Å². The van der Waals surface area contributed by atoms with Crippen LogP contribution in [0.3, 0.4) is 0 Å². The van der Waals surface area contributed by atoms with Gasteiger partial charge in [0.15, 0.2) is 0 Å². The molecule has 1 amide bonds. The number of aromatic nitrogens is 2. The van der Waals surface area contributed by atoms with Crippen LogP contribution >= 0.6 is 11.6 Å². The molecule has 7 heteroatoms. The summed E-state index contributed by atoms with van der Waals surface area (Å²) >= 11 is 6.45. The molecule has 0 saturated carbocycles. The van der Waals surface area contributed by atoms with E-state index in [1.165, 1.54) is 6.08 Å². The maximum Gasteiger partial charge on any atom is 0.244 e. The van der Waals surface area contributed by atoms with Gasteiger partial charge in [0.2, 0.25) is 5.91 Å². The van der Waals surface area contributed by atoms with Crippen molar-refractivity contribution in [2.24, 2.45) is 0 Å². The fourth-order valence-corrected chi connectivity index (χ4v) is 3.53. The van der Waals surface area contributed by atoms with Crippen LogP contribution in [0.1, 0.15) is 16.7 Å². The summed E-state index contributed by atoms with van der Waals surface area (Å²) in [6, 6.07) is 11.4. The van der Waals surface area contributed by atoms with Gasteiger partial charge in [-0.3, -0.25) is 9.78 Å². The average Bonchev–Trinajstić information content (AvgIpc) is 3.16. The van der Waals surface area contributed by atoms with Gasteiger partial charge < -0.3 is 15.8 Å². The minimum atomic E-state index is -0.206. The molecular formula is C23H21ClN4O2. The minimum Gasteiger partial charge on any atom is -0.486 e. The SMILES string of the molecule is Cc1ccc(-c2cc(Cl)c3c(c2)CC(CNC(=O)/C=C/c2ccc(N)nc2)O3)nc1. The number of rotatable bonds is 5. The van der Waals surface area contributed by atoms with E-state index >= 15 is 0 Å². The second kappa shape index (κ2) is 8.55. The van der Waals surface area contributed by atoms with Gasteiger partial charge in [0.1, 0.15) is 17.7 Å². The first-order valence-corrected chi connectivity index (χ1v) is 9.95. The van der Waals surface area contributed by atoms with E-state index in [1.54, 1.807) is 24.4 Å². The normalized spacial score (nSPS) is 15.1. The summed E-state index contributed by atoms with van der Waals surface area (Å²) in [7, 11) is 0. The van der Waals surface area contributed by atoms with E-state index in [9.17, 15) is 4.79 Å².